The molecule has 0 radical (unpaired) electrons. The Labute approximate surface area is 381 Å². The summed E-state index contributed by atoms with van der Waals surface area (Å²) in [5, 5.41) is 6.27. The van der Waals surface area contributed by atoms with E-state index in [-0.39, 0.29) is 54.3 Å². The number of nitrogens with zero attached hydrogens (tertiary/aromatic N) is 5. The van der Waals surface area contributed by atoms with Crippen molar-refractivity contribution < 1.29 is 82.8 Å². The molecule has 4 aromatic rings. The first-order valence-corrected chi connectivity index (χ1v) is 20.6. The van der Waals surface area contributed by atoms with Crippen molar-refractivity contribution >= 4 is 65.4 Å². The third-order valence-corrected chi connectivity index (χ3v) is 11.4. The molecule has 3 saturated heterocycles. The Hall–Kier alpha value is -4.41. The number of rotatable bonds is 10. The van der Waals surface area contributed by atoms with Crippen LogP contribution in [0.3, 0.4) is 0 Å². The van der Waals surface area contributed by atoms with E-state index in [0.717, 1.165) is 128 Å². The molecule has 4 fully saturated rings. The van der Waals surface area contributed by atoms with E-state index in [1.54, 1.807) is 12.3 Å². The Balaban J connectivity index is 0.000000337. The van der Waals surface area contributed by atoms with Gasteiger partial charge in [0.05, 0.1) is 53.4 Å². The maximum absolute atomic E-state index is 13.4. The van der Waals surface area contributed by atoms with Gasteiger partial charge in [0, 0.05) is 72.6 Å². The Morgan fingerprint density at radius 2 is 1.66 bits per heavy atom. The summed E-state index contributed by atoms with van der Waals surface area (Å²) in [6.45, 7) is 16.5. The molecular formula is C40H51BN7NaO11S. The number of oxazole rings is 1. The van der Waals surface area contributed by atoms with Crippen LogP contribution in [0.15, 0.2) is 60.0 Å². The number of aromatic nitrogens is 3. The molecule has 21 heteroatoms. The third kappa shape index (κ3) is 13.3. The van der Waals surface area contributed by atoms with Gasteiger partial charge in [-0.05, 0) is 60.6 Å². The van der Waals surface area contributed by atoms with E-state index in [4.69, 9.17) is 18.9 Å². The average molecular weight is 872 g/mol. The van der Waals surface area contributed by atoms with Crippen molar-refractivity contribution in [3.63, 3.8) is 0 Å². The van der Waals surface area contributed by atoms with Crippen LogP contribution in [0.5, 0.6) is 0 Å². The molecule has 0 atom stereocenters. The Morgan fingerprint density at radius 1 is 0.984 bits per heavy atom. The average Bonchev–Trinajstić information content (AvgIpc) is 4.05. The smallest absolute Gasteiger partial charge is 1.00 e. The van der Waals surface area contributed by atoms with Crippen molar-refractivity contribution in [1.29, 1.82) is 0 Å². The van der Waals surface area contributed by atoms with Crippen LogP contribution in [0.2, 0.25) is 0 Å². The van der Waals surface area contributed by atoms with Gasteiger partial charge in [-0.2, -0.15) is 0 Å². The summed E-state index contributed by atoms with van der Waals surface area (Å²) in [6, 6.07) is 10.2. The first kappa shape index (κ1) is 47.6. The SMILES string of the molecule is C1COCCN1.C=CC(=O)N1CCC2(CC(n3c(NC(=O)c4ccc(-c5cnco5)s4)nc4ccc(CN5CCOCC5)cc43)C2)C1.CC(=O)OB(OC(C)=O)OC(C)=O.[H-].[Na+]. The van der Waals surface area contributed by atoms with Crippen molar-refractivity contribution in [3.8, 4) is 10.6 Å². The van der Waals surface area contributed by atoms with E-state index in [1.165, 1.54) is 29.4 Å². The molecule has 61 heavy (non-hydrogen) atoms. The second-order valence-electron chi connectivity index (χ2n) is 14.8. The molecule has 0 bridgehead atoms. The molecule has 8 rings (SSSR count). The maximum atomic E-state index is 13.4. The minimum absolute atomic E-state index is 0. The normalized spacial score (nSPS) is 19.5. The summed E-state index contributed by atoms with van der Waals surface area (Å²) >= 11 is 1.36. The fraction of sp³-hybridized carbons (Fsp3) is 0.475. The molecule has 6 heterocycles. The van der Waals surface area contributed by atoms with Crippen molar-refractivity contribution in [1.82, 2.24) is 29.7 Å². The number of carbonyl (C=O) groups excluding carboxylic acids is 5. The molecule has 2 N–H and O–H groups in total. The zero-order valence-electron chi connectivity index (χ0n) is 36.0. The molecule has 3 aromatic heterocycles. The van der Waals surface area contributed by atoms with E-state index >= 15 is 0 Å². The fourth-order valence-corrected chi connectivity index (χ4v) is 8.36. The summed E-state index contributed by atoms with van der Waals surface area (Å²) in [6.07, 6.45) is 7.28. The second-order valence-corrected chi connectivity index (χ2v) is 15.8. The van der Waals surface area contributed by atoms with Crippen molar-refractivity contribution in [2.75, 3.05) is 71.0 Å². The summed E-state index contributed by atoms with van der Waals surface area (Å²) < 4.78 is 31.2. The zero-order chi connectivity index (χ0) is 42.6. The van der Waals surface area contributed by atoms with Gasteiger partial charge >= 0.3 is 36.9 Å². The van der Waals surface area contributed by atoms with Gasteiger partial charge in [0.15, 0.2) is 12.2 Å². The largest absolute Gasteiger partial charge is 1.00 e. The molecule has 1 aliphatic carbocycles. The van der Waals surface area contributed by atoms with Gasteiger partial charge in [-0.15, -0.1) is 11.3 Å². The van der Waals surface area contributed by atoms with Gasteiger partial charge in [-0.3, -0.25) is 34.2 Å². The number of morpholine rings is 2. The maximum Gasteiger partial charge on any atom is 1.00 e. The quantitative estimate of drug-likeness (QED) is 0.168. The number of hydrogen-bond acceptors (Lipinski definition) is 16. The first-order chi connectivity index (χ1) is 28.9. The summed E-state index contributed by atoms with van der Waals surface area (Å²) in [7, 11) is -1.59. The number of likely N-dealkylation sites (tertiary alicyclic amines) is 1. The number of fused-ring (bicyclic) bond motifs is 1. The minimum atomic E-state index is -1.59. The van der Waals surface area contributed by atoms with Gasteiger partial charge in [0.1, 0.15) is 0 Å². The van der Waals surface area contributed by atoms with Crippen molar-refractivity contribution in [2.24, 2.45) is 5.41 Å². The molecule has 18 nitrogen and oxygen atoms in total. The Kier molecular flexibility index (Phi) is 17.7. The van der Waals surface area contributed by atoms with E-state index in [1.807, 2.05) is 11.0 Å². The molecule has 0 unspecified atom stereocenters. The molecule has 1 saturated carbocycles. The summed E-state index contributed by atoms with van der Waals surface area (Å²) in [5.41, 5.74) is 3.20. The van der Waals surface area contributed by atoms with E-state index < -0.39 is 25.2 Å². The van der Waals surface area contributed by atoms with Gasteiger partial charge in [0.2, 0.25) is 11.9 Å². The monoisotopic (exact) mass is 871 g/mol. The zero-order valence-corrected chi connectivity index (χ0v) is 37.8. The number of amides is 2. The predicted molar refractivity (Wildman–Crippen MR) is 222 cm³/mol. The molecule has 1 spiro atoms. The number of ether oxygens (including phenoxy) is 2. The molecule has 322 valence electrons. The topological polar surface area (TPSA) is 206 Å². The predicted octanol–water partition coefficient (Wildman–Crippen LogP) is 0.960. The van der Waals surface area contributed by atoms with Crippen LogP contribution >= 0.6 is 11.3 Å². The number of anilines is 1. The van der Waals surface area contributed by atoms with Crippen LogP contribution in [0.4, 0.5) is 5.95 Å². The van der Waals surface area contributed by atoms with Crippen LogP contribution in [0.25, 0.3) is 21.7 Å². The van der Waals surface area contributed by atoms with E-state index in [0.29, 0.717) is 16.6 Å². The summed E-state index contributed by atoms with van der Waals surface area (Å²) in [5.74, 6) is -1.16. The molecule has 3 aliphatic heterocycles. The van der Waals surface area contributed by atoms with Crippen LogP contribution in [0.1, 0.15) is 62.7 Å². The van der Waals surface area contributed by atoms with E-state index in [2.05, 4.69) is 63.8 Å². The second kappa shape index (κ2) is 22.6. The van der Waals surface area contributed by atoms with Gasteiger partial charge < -0.3 is 44.1 Å². The minimum Gasteiger partial charge on any atom is -1.00 e. The van der Waals surface area contributed by atoms with Crippen LogP contribution in [-0.4, -0.2) is 127 Å². The standard InChI is InChI=1S/C30H32N6O4S.C6H9BO6.C4H9NO.Na.H/c1-2-27(37)35-8-7-30(18-35)14-21(15-30)36-23-13-20(17-34-9-11-39-12-10-34)3-4-22(23)32-29(36)33-28(38)26-6-5-25(41-26)24-16-31-19-40-24;1-4(8)11-7(12-5(2)9)13-6(3)10;1-3-6-4-2-5-1;;/h2-6,13,16,19,21H,1,7-12,14-15,17-18H2,(H,32,33,38);1-3H3;5H,1-4H2;;/q;;;+1;-1. The van der Waals surface area contributed by atoms with Crippen LogP contribution < -0.4 is 40.2 Å². The molecule has 2 amide bonds. The number of imidazole rings is 1. The van der Waals surface area contributed by atoms with Gasteiger partial charge in [0.25, 0.3) is 23.8 Å². The van der Waals surface area contributed by atoms with Gasteiger partial charge in [-0.25, -0.2) is 9.97 Å². The van der Waals surface area contributed by atoms with Crippen LogP contribution in [-0.2, 0) is 49.2 Å². The van der Waals surface area contributed by atoms with Gasteiger partial charge in [-0.1, -0.05) is 12.6 Å². The van der Waals surface area contributed by atoms with Crippen molar-refractivity contribution in [3.05, 3.63) is 66.0 Å². The van der Waals surface area contributed by atoms with Crippen molar-refractivity contribution in [2.45, 2.75) is 52.6 Å². The summed E-state index contributed by atoms with van der Waals surface area (Å²) in [4.78, 5) is 71.5. The first-order valence-electron chi connectivity index (χ1n) is 19.7. The third-order valence-electron chi connectivity index (χ3n) is 10.3. The fourth-order valence-electron chi connectivity index (χ4n) is 7.51. The molecular weight excluding hydrogens is 820 g/mol. The number of benzene rings is 1. The Bertz CT molecular complexity index is 2090. The Morgan fingerprint density at radius 3 is 2.23 bits per heavy atom. The number of carbonyl (C=O) groups is 5. The molecule has 4 aliphatic rings. The number of hydrogen-bond donors (Lipinski definition) is 2. The molecule has 1 aromatic carbocycles. The number of nitrogens with one attached hydrogen (secondary N) is 2. The van der Waals surface area contributed by atoms with Crippen LogP contribution in [0, 0.1) is 5.41 Å². The van der Waals surface area contributed by atoms with E-state index in [9.17, 15) is 24.0 Å². The number of thiophene rings is 1.